The van der Waals surface area contributed by atoms with Crippen LogP contribution in [0.1, 0.15) is 70.7 Å². The Bertz CT molecular complexity index is 953. The number of methoxy groups -OCH3 is 1. The number of esters is 1. The van der Waals surface area contributed by atoms with E-state index in [2.05, 4.69) is 15.4 Å². The number of ether oxygens (including phenoxy) is 2. The van der Waals surface area contributed by atoms with Gasteiger partial charge in [-0.2, -0.15) is 0 Å². The Morgan fingerprint density at radius 1 is 1.08 bits per heavy atom. The molecule has 0 saturated heterocycles. The maximum Gasteiger partial charge on any atom is 0.408 e. The molecule has 0 bridgehead atoms. The van der Waals surface area contributed by atoms with Gasteiger partial charge in [0.05, 0.1) is 13.7 Å². The number of nitrogens with zero attached hydrogens (tertiary/aromatic N) is 1. The van der Waals surface area contributed by atoms with Crippen molar-refractivity contribution >= 4 is 23.9 Å². The van der Waals surface area contributed by atoms with Crippen molar-refractivity contribution < 1.29 is 33.8 Å². The molecule has 2 atom stereocenters. The second-order valence-corrected chi connectivity index (χ2v) is 10.2. The van der Waals surface area contributed by atoms with E-state index in [-0.39, 0.29) is 6.54 Å². The molecular formula is C26H41N3O7. The zero-order valence-corrected chi connectivity index (χ0v) is 22.9. The molecule has 3 amide bonds. The second-order valence-electron chi connectivity index (χ2n) is 10.2. The number of aliphatic hydroxyl groups is 1. The standard InChI is InChI=1S/C26H41N3O7/c1-10-26(7,8)29(23(33)19(15-30)28-24(34)36-25(4,5)6)21(22(32)27-14-20(31)35-9)18-13-11-12-16(2)17(18)3/h11-13,19,21,30H,10,14-15H2,1-9H3,(H,27,32)(H,28,34). The number of benzene rings is 1. The van der Waals surface area contributed by atoms with Gasteiger partial charge in [0.2, 0.25) is 11.8 Å². The number of nitrogens with one attached hydrogen (secondary N) is 2. The van der Waals surface area contributed by atoms with Gasteiger partial charge in [0, 0.05) is 5.54 Å². The van der Waals surface area contributed by atoms with Crippen LogP contribution < -0.4 is 10.6 Å². The fourth-order valence-corrected chi connectivity index (χ4v) is 3.54. The third-order valence-electron chi connectivity index (χ3n) is 6.01. The highest BCUT2D eigenvalue weighted by Gasteiger charge is 2.43. The Morgan fingerprint density at radius 3 is 2.19 bits per heavy atom. The smallest absolute Gasteiger partial charge is 0.408 e. The van der Waals surface area contributed by atoms with E-state index in [9.17, 15) is 24.3 Å². The number of aryl methyl sites for hydroxylation is 1. The molecule has 0 saturated carbocycles. The number of alkyl carbamates (subject to hydrolysis) is 1. The lowest BCUT2D eigenvalue weighted by Crippen LogP contribution is -2.60. The Balaban J connectivity index is 3.62. The van der Waals surface area contributed by atoms with Crippen molar-refractivity contribution in [3.8, 4) is 0 Å². The molecule has 0 aromatic heterocycles. The number of carbonyl (C=O) groups excluding carboxylic acids is 4. The van der Waals surface area contributed by atoms with Gasteiger partial charge in [-0.15, -0.1) is 0 Å². The first-order chi connectivity index (χ1) is 16.6. The van der Waals surface area contributed by atoms with E-state index in [4.69, 9.17) is 4.74 Å². The van der Waals surface area contributed by atoms with Gasteiger partial charge in [-0.3, -0.25) is 14.4 Å². The predicted octanol–water partition coefficient (Wildman–Crippen LogP) is 2.54. The molecule has 10 nitrogen and oxygen atoms in total. The molecule has 0 aliphatic rings. The van der Waals surface area contributed by atoms with Crippen LogP contribution in [0, 0.1) is 13.8 Å². The zero-order valence-electron chi connectivity index (χ0n) is 22.9. The van der Waals surface area contributed by atoms with Crippen LogP contribution in [-0.4, -0.2) is 71.3 Å². The molecule has 1 aromatic rings. The molecule has 1 aromatic carbocycles. The second kappa shape index (κ2) is 12.7. The largest absolute Gasteiger partial charge is 0.468 e. The normalized spacial score (nSPS) is 13.3. The minimum atomic E-state index is -1.37. The minimum Gasteiger partial charge on any atom is -0.468 e. The van der Waals surface area contributed by atoms with Crippen LogP contribution >= 0.6 is 0 Å². The van der Waals surface area contributed by atoms with E-state index >= 15 is 0 Å². The van der Waals surface area contributed by atoms with Gasteiger partial charge in [-0.05, 0) is 71.6 Å². The molecular weight excluding hydrogens is 466 g/mol. The van der Waals surface area contributed by atoms with Crippen LogP contribution in [0.25, 0.3) is 0 Å². The van der Waals surface area contributed by atoms with E-state index in [0.717, 1.165) is 11.1 Å². The van der Waals surface area contributed by atoms with Crippen LogP contribution in [0.15, 0.2) is 18.2 Å². The number of carbonyl (C=O) groups is 4. The molecule has 2 unspecified atom stereocenters. The van der Waals surface area contributed by atoms with Crippen LogP contribution in [0.3, 0.4) is 0 Å². The summed E-state index contributed by atoms with van der Waals surface area (Å²) in [6.45, 7) is 13.1. The van der Waals surface area contributed by atoms with Gasteiger partial charge in [-0.25, -0.2) is 4.79 Å². The van der Waals surface area contributed by atoms with Crippen molar-refractivity contribution in [2.75, 3.05) is 20.3 Å². The van der Waals surface area contributed by atoms with Crippen molar-refractivity contribution in [3.05, 3.63) is 34.9 Å². The number of hydrogen-bond donors (Lipinski definition) is 3. The topological polar surface area (TPSA) is 134 Å². The Labute approximate surface area is 213 Å². The van der Waals surface area contributed by atoms with Crippen LogP contribution in [0.2, 0.25) is 0 Å². The van der Waals surface area contributed by atoms with Crippen molar-refractivity contribution in [2.24, 2.45) is 0 Å². The summed E-state index contributed by atoms with van der Waals surface area (Å²) in [6, 6.07) is 2.88. The molecule has 36 heavy (non-hydrogen) atoms. The Morgan fingerprint density at radius 2 is 1.69 bits per heavy atom. The fourth-order valence-electron chi connectivity index (χ4n) is 3.54. The molecule has 202 valence electrons. The summed E-state index contributed by atoms with van der Waals surface area (Å²) in [5.74, 6) is -1.91. The average molecular weight is 508 g/mol. The van der Waals surface area contributed by atoms with Crippen molar-refractivity contribution in [2.45, 2.75) is 85.0 Å². The number of amides is 3. The molecule has 0 fully saturated rings. The Kier molecular flexibility index (Phi) is 10.9. The van der Waals surface area contributed by atoms with E-state index in [1.54, 1.807) is 46.8 Å². The quantitative estimate of drug-likeness (QED) is 0.414. The van der Waals surface area contributed by atoms with Gasteiger partial charge in [-0.1, -0.05) is 25.1 Å². The third-order valence-corrected chi connectivity index (χ3v) is 6.01. The van der Waals surface area contributed by atoms with Gasteiger partial charge in [0.15, 0.2) is 0 Å². The molecule has 1 rings (SSSR count). The molecule has 0 radical (unpaired) electrons. The molecule has 0 spiro atoms. The van der Waals surface area contributed by atoms with Crippen molar-refractivity contribution in [3.63, 3.8) is 0 Å². The monoisotopic (exact) mass is 507 g/mol. The van der Waals surface area contributed by atoms with Crippen LogP contribution in [0.4, 0.5) is 4.79 Å². The first-order valence-electron chi connectivity index (χ1n) is 11.9. The van der Waals surface area contributed by atoms with E-state index in [0.29, 0.717) is 12.0 Å². The fraction of sp³-hybridized carbons (Fsp3) is 0.615. The SMILES string of the molecule is CCC(C)(C)N(C(=O)C(CO)NC(=O)OC(C)(C)C)C(C(=O)NCC(=O)OC)c1cccc(C)c1C. The van der Waals surface area contributed by atoms with E-state index in [1.165, 1.54) is 12.0 Å². The number of aliphatic hydroxyl groups excluding tert-OH is 1. The molecule has 0 aliphatic carbocycles. The highest BCUT2D eigenvalue weighted by Crippen LogP contribution is 2.34. The summed E-state index contributed by atoms with van der Waals surface area (Å²) < 4.78 is 9.89. The molecule has 0 aliphatic heterocycles. The summed E-state index contributed by atoms with van der Waals surface area (Å²) in [5, 5.41) is 15.0. The molecule has 3 N–H and O–H groups in total. The Hall–Kier alpha value is -3.14. The summed E-state index contributed by atoms with van der Waals surface area (Å²) >= 11 is 0. The first kappa shape index (κ1) is 30.9. The highest BCUT2D eigenvalue weighted by molar-refractivity contribution is 5.94. The van der Waals surface area contributed by atoms with E-state index in [1.807, 2.05) is 26.8 Å². The maximum atomic E-state index is 13.9. The summed E-state index contributed by atoms with van der Waals surface area (Å²) in [4.78, 5) is 53.0. The van der Waals surface area contributed by atoms with Crippen LogP contribution in [0.5, 0.6) is 0 Å². The van der Waals surface area contributed by atoms with Crippen molar-refractivity contribution in [1.82, 2.24) is 15.5 Å². The van der Waals surface area contributed by atoms with Gasteiger partial charge in [0.25, 0.3) is 0 Å². The number of rotatable bonds is 10. The lowest BCUT2D eigenvalue weighted by Gasteiger charge is -2.44. The summed E-state index contributed by atoms with van der Waals surface area (Å²) in [6.07, 6.45) is -0.419. The van der Waals surface area contributed by atoms with E-state index < -0.39 is 53.7 Å². The zero-order chi connectivity index (χ0) is 27.8. The summed E-state index contributed by atoms with van der Waals surface area (Å²) in [7, 11) is 1.21. The van der Waals surface area contributed by atoms with Gasteiger partial charge in [0.1, 0.15) is 24.2 Å². The molecule has 10 heteroatoms. The van der Waals surface area contributed by atoms with Gasteiger partial charge < -0.3 is 30.1 Å². The van der Waals surface area contributed by atoms with Crippen molar-refractivity contribution in [1.29, 1.82) is 0 Å². The maximum absolute atomic E-state index is 13.9. The predicted molar refractivity (Wildman–Crippen MR) is 135 cm³/mol. The highest BCUT2D eigenvalue weighted by atomic mass is 16.6. The minimum absolute atomic E-state index is 0.384. The average Bonchev–Trinajstić information content (AvgIpc) is 2.79. The first-order valence-corrected chi connectivity index (χ1v) is 11.9. The molecule has 0 heterocycles. The lowest BCUT2D eigenvalue weighted by atomic mass is 9.89. The van der Waals surface area contributed by atoms with Crippen LogP contribution in [-0.2, 0) is 23.9 Å². The van der Waals surface area contributed by atoms with Gasteiger partial charge >= 0.3 is 12.1 Å². The lowest BCUT2D eigenvalue weighted by molar-refractivity contribution is -0.150. The third kappa shape index (κ3) is 8.22. The summed E-state index contributed by atoms with van der Waals surface area (Å²) in [5.41, 5.74) is 0.557. The number of hydrogen-bond acceptors (Lipinski definition) is 7.